The van der Waals surface area contributed by atoms with E-state index in [1.165, 1.54) is 0 Å². The summed E-state index contributed by atoms with van der Waals surface area (Å²) in [4.78, 5) is 15.9. The third-order valence-corrected chi connectivity index (χ3v) is 4.30. The molecule has 4 nitrogen and oxygen atoms in total. The fourth-order valence-corrected chi connectivity index (χ4v) is 3.18. The van der Waals surface area contributed by atoms with Crippen LogP contribution in [0.15, 0.2) is 22.9 Å². The molecule has 5 heteroatoms. The zero-order valence-electron chi connectivity index (χ0n) is 11.1. The van der Waals surface area contributed by atoms with Crippen LogP contribution in [-0.4, -0.2) is 16.1 Å². The topological polar surface area (TPSA) is 62.2 Å². The number of aromatic nitrogens is 1. The van der Waals surface area contributed by atoms with Crippen molar-refractivity contribution in [2.75, 3.05) is 5.32 Å². The first kappa shape index (κ1) is 13.1. The van der Waals surface area contributed by atoms with E-state index in [1.807, 2.05) is 16.8 Å². The van der Waals surface area contributed by atoms with Crippen molar-refractivity contribution < 1.29 is 9.90 Å². The first-order valence-corrected chi connectivity index (χ1v) is 7.69. The highest BCUT2D eigenvalue weighted by atomic mass is 32.1. The number of thiophene rings is 1. The number of hydrogen-bond acceptors (Lipinski definition) is 4. The average molecular weight is 288 g/mol. The Bertz CT molecular complexity index is 623. The Balaban J connectivity index is 1.89. The lowest BCUT2D eigenvalue weighted by Gasteiger charge is -2.18. The van der Waals surface area contributed by atoms with Crippen molar-refractivity contribution in [3.63, 3.8) is 0 Å². The summed E-state index contributed by atoms with van der Waals surface area (Å²) < 4.78 is 0. The third-order valence-electron chi connectivity index (χ3n) is 3.57. The van der Waals surface area contributed by atoms with E-state index in [4.69, 9.17) is 0 Å². The van der Waals surface area contributed by atoms with Gasteiger partial charge >= 0.3 is 5.97 Å². The Morgan fingerprint density at radius 1 is 1.40 bits per heavy atom. The van der Waals surface area contributed by atoms with Crippen LogP contribution in [-0.2, 0) is 19.4 Å². The fourth-order valence-electron chi connectivity index (χ4n) is 2.51. The van der Waals surface area contributed by atoms with Crippen LogP contribution in [0, 0.1) is 0 Å². The van der Waals surface area contributed by atoms with E-state index in [0.717, 1.165) is 42.5 Å². The number of pyridine rings is 1. The van der Waals surface area contributed by atoms with E-state index in [2.05, 4.69) is 10.3 Å². The molecule has 0 bridgehead atoms. The summed E-state index contributed by atoms with van der Waals surface area (Å²) in [5, 5.41) is 16.6. The largest absolute Gasteiger partial charge is 0.478 e. The molecule has 0 saturated carbocycles. The Hall–Kier alpha value is -1.88. The highest BCUT2D eigenvalue weighted by Crippen LogP contribution is 2.25. The minimum Gasteiger partial charge on any atom is -0.478 e. The Labute approximate surface area is 121 Å². The SMILES string of the molecule is O=C(O)c1cc2c(nc1NCc1ccsc1)CCCC2. The van der Waals surface area contributed by atoms with E-state index in [1.54, 1.807) is 17.4 Å². The smallest absolute Gasteiger partial charge is 0.339 e. The number of aryl methyl sites for hydroxylation is 2. The molecule has 0 saturated heterocycles. The molecule has 0 spiro atoms. The van der Waals surface area contributed by atoms with Crippen molar-refractivity contribution in [1.29, 1.82) is 0 Å². The van der Waals surface area contributed by atoms with Crippen LogP contribution in [0.3, 0.4) is 0 Å². The summed E-state index contributed by atoms with van der Waals surface area (Å²) >= 11 is 1.63. The van der Waals surface area contributed by atoms with E-state index >= 15 is 0 Å². The summed E-state index contributed by atoms with van der Waals surface area (Å²) in [5.41, 5.74) is 3.57. The molecule has 0 radical (unpaired) electrons. The molecule has 1 aliphatic carbocycles. The monoisotopic (exact) mass is 288 g/mol. The summed E-state index contributed by atoms with van der Waals surface area (Å²) in [6, 6.07) is 3.82. The van der Waals surface area contributed by atoms with Gasteiger partial charge in [0, 0.05) is 12.2 Å². The zero-order valence-corrected chi connectivity index (χ0v) is 11.9. The van der Waals surface area contributed by atoms with Crippen LogP contribution in [0.4, 0.5) is 5.82 Å². The summed E-state index contributed by atoms with van der Waals surface area (Å²) in [6.07, 6.45) is 4.14. The maximum absolute atomic E-state index is 11.4. The van der Waals surface area contributed by atoms with E-state index in [0.29, 0.717) is 12.4 Å². The quantitative estimate of drug-likeness (QED) is 0.906. The lowest BCUT2D eigenvalue weighted by atomic mass is 9.94. The van der Waals surface area contributed by atoms with Crippen LogP contribution >= 0.6 is 11.3 Å². The number of rotatable bonds is 4. The second-order valence-corrected chi connectivity index (χ2v) is 5.77. The minimum absolute atomic E-state index is 0.279. The highest BCUT2D eigenvalue weighted by molar-refractivity contribution is 7.07. The van der Waals surface area contributed by atoms with Crippen LogP contribution in [0.1, 0.15) is 40.0 Å². The predicted octanol–water partition coefficient (Wildman–Crippen LogP) is 3.33. The maximum atomic E-state index is 11.4. The number of carboxylic acids is 1. The lowest BCUT2D eigenvalue weighted by molar-refractivity contribution is 0.0697. The Kier molecular flexibility index (Phi) is 3.69. The van der Waals surface area contributed by atoms with Gasteiger partial charge in [0.25, 0.3) is 0 Å². The maximum Gasteiger partial charge on any atom is 0.339 e. The van der Waals surface area contributed by atoms with Crippen molar-refractivity contribution in [3.8, 4) is 0 Å². The Morgan fingerprint density at radius 2 is 2.25 bits per heavy atom. The normalized spacial score (nSPS) is 13.8. The Morgan fingerprint density at radius 3 is 3.00 bits per heavy atom. The average Bonchev–Trinajstić information content (AvgIpc) is 2.97. The van der Waals surface area contributed by atoms with Crippen molar-refractivity contribution in [3.05, 3.63) is 45.3 Å². The van der Waals surface area contributed by atoms with Gasteiger partial charge in [0.05, 0.1) is 0 Å². The number of carbonyl (C=O) groups is 1. The number of fused-ring (bicyclic) bond motifs is 1. The number of anilines is 1. The van der Waals surface area contributed by atoms with Gasteiger partial charge in [0.2, 0.25) is 0 Å². The number of nitrogens with zero attached hydrogens (tertiary/aromatic N) is 1. The molecule has 1 aliphatic rings. The third kappa shape index (κ3) is 2.67. The van der Waals surface area contributed by atoms with Crippen LogP contribution in [0.25, 0.3) is 0 Å². The summed E-state index contributed by atoms with van der Waals surface area (Å²) in [5.74, 6) is -0.428. The molecule has 0 unspecified atom stereocenters. The molecule has 0 aliphatic heterocycles. The van der Waals surface area contributed by atoms with E-state index in [-0.39, 0.29) is 5.56 Å². The molecular weight excluding hydrogens is 272 g/mol. The molecule has 0 amide bonds. The van der Waals surface area contributed by atoms with Gasteiger partial charge in [-0.3, -0.25) is 0 Å². The van der Waals surface area contributed by atoms with Gasteiger partial charge in [0.1, 0.15) is 11.4 Å². The van der Waals surface area contributed by atoms with Crippen molar-refractivity contribution in [2.24, 2.45) is 0 Å². The van der Waals surface area contributed by atoms with Crippen molar-refractivity contribution >= 4 is 23.1 Å². The van der Waals surface area contributed by atoms with Gasteiger partial charge in [-0.25, -0.2) is 9.78 Å². The first-order valence-electron chi connectivity index (χ1n) is 6.75. The molecule has 0 fully saturated rings. The number of aromatic carboxylic acids is 1. The first-order chi connectivity index (χ1) is 9.74. The van der Waals surface area contributed by atoms with Crippen LogP contribution in [0.2, 0.25) is 0 Å². The molecule has 2 aromatic rings. The fraction of sp³-hybridized carbons (Fsp3) is 0.333. The van der Waals surface area contributed by atoms with Crippen LogP contribution in [0.5, 0.6) is 0 Å². The molecule has 0 atom stereocenters. The second kappa shape index (κ2) is 5.63. The molecule has 0 aromatic carbocycles. The van der Waals surface area contributed by atoms with Gasteiger partial charge in [-0.05, 0) is 59.7 Å². The standard InChI is InChI=1S/C15H16N2O2S/c18-15(19)12-7-11-3-1-2-4-13(11)17-14(12)16-8-10-5-6-20-9-10/h5-7,9H,1-4,8H2,(H,16,17)(H,18,19). The van der Waals surface area contributed by atoms with Gasteiger partial charge in [-0.2, -0.15) is 11.3 Å². The summed E-state index contributed by atoms with van der Waals surface area (Å²) in [7, 11) is 0. The van der Waals surface area contributed by atoms with Gasteiger partial charge in [-0.15, -0.1) is 0 Å². The molecule has 2 aromatic heterocycles. The molecule has 2 heterocycles. The van der Waals surface area contributed by atoms with Gasteiger partial charge < -0.3 is 10.4 Å². The number of nitrogens with one attached hydrogen (secondary N) is 1. The summed E-state index contributed by atoms with van der Waals surface area (Å²) in [6.45, 7) is 0.607. The van der Waals surface area contributed by atoms with E-state index < -0.39 is 5.97 Å². The number of carboxylic acid groups (broad SMARTS) is 1. The molecule has 20 heavy (non-hydrogen) atoms. The molecular formula is C15H16N2O2S. The predicted molar refractivity (Wildman–Crippen MR) is 79.5 cm³/mol. The molecule has 104 valence electrons. The van der Waals surface area contributed by atoms with E-state index in [9.17, 15) is 9.90 Å². The van der Waals surface area contributed by atoms with Gasteiger partial charge in [0.15, 0.2) is 0 Å². The van der Waals surface area contributed by atoms with Crippen LogP contribution < -0.4 is 5.32 Å². The number of hydrogen-bond donors (Lipinski definition) is 2. The minimum atomic E-state index is -0.918. The van der Waals surface area contributed by atoms with Gasteiger partial charge in [-0.1, -0.05) is 0 Å². The highest BCUT2D eigenvalue weighted by Gasteiger charge is 2.18. The lowest BCUT2D eigenvalue weighted by Crippen LogP contribution is -2.14. The second-order valence-electron chi connectivity index (χ2n) is 4.99. The molecule has 2 N–H and O–H groups in total. The van der Waals surface area contributed by atoms with Crippen molar-refractivity contribution in [2.45, 2.75) is 32.2 Å². The molecule has 3 rings (SSSR count). The zero-order chi connectivity index (χ0) is 13.9. The van der Waals surface area contributed by atoms with Crippen molar-refractivity contribution in [1.82, 2.24) is 4.98 Å².